The molecule has 180 valence electrons. The van der Waals surface area contributed by atoms with Crippen molar-refractivity contribution in [2.75, 3.05) is 20.0 Å². The van der Waals surface area contributed by atoms with E-state index in [0.29, 0.717) is 44.5 Å². The third-order valence-corrected chi connectivity index (χ3v) is 6.70. The zero-order valence-electron chi connectivity index (χ0n) is 19.6. The molecule has 0 N–H and O–H groups in total. The SMILES string of the molecule is CCOC(=O)C1=C(C)N=c2s/c(=C\c3ccc4c(c3)OCO4)c(=O)n2C1c1ccc(OCC)cc1. The standard InChI is InChI=1S/C26H24N2O6S/c1-4-31-18-9-7-17(8-10-18)23-22(25(30)32-5-2)15(3)27-26-28(23)24(29)21(35-26)13-16-6-11-19-20(12-16)34-14-33-19/h6-13,23H,4-5,14H2,1-3H3/b21-13-. The van der Waals surface area contributed by atoms with Crippen molar-refractivity contribution in [3.8, 4) is 17.2 Å². The van der Waals surface area contributed by atoms with Crippen molar-refractivity contribution in [3.63, 3.8) is 0 Å². The average molecular weight is 493 g/mol. The van der Waals surface area contributed by atoms with Gasteiger partial charge in [-0.15, -0.1) is 0 Å². The highest BCUT2D eigenvalue weighted by Gasteiger charge is 2.33. The average Bonchev–Trinajstić information content (AvgIpc) is 3.43. The molecular weight excluding hydrogens is 468 g/mol. The molecule has 0 fully saturated rings. The van der Waals surface area contributed by atoms with Gasteiger partial charge in [0, 0.05) is 0 Å². The third kappa shape index (κ3) is 4.23. The number of fused-ring (bicyclic) bond motifs is 2. The first kappa shape index (κ1) is 22.9. The van der Waals surface area contributed by atoms with Gasteiger partial charge in [0.25, 0.3) is 5.56 Å². The molecule has 3 heterocycles. The van der Waals surface area contributed by atoms with Gasteiger partial charge in [-0.25, -0.2) is 9.79 Å². The molecule has 0 spiro atoms. The first-order valence-electron chi connectivity index (χ1n) is 11.3. The highest BCUT2D eigenvalue weighted by Crippen LogP contribution is 2.33. The Morgan fingerprint density at radius 3 is 2.66 bits per heavy atom. The summed E-state index contributed by atoms with van der Waals surface area (Å²) in [7, 11) is 0. The van der Waals surface area contributed by atoms with Crippen LogP contribution in [0.5, 0.6) is 17.2 Å². The molecule has 0 amide bonds. The number of rotatable bonds is 6. The van der Waals surface area contributed by atoms with Crippen molar-refractivity contribution >= 4 is 23.4 Å². The molecule has 0 saturated carbocycles. The van der Waals surface area contributed by atoms with Crippen LogP contribution < -0.4 is 29.1 Å². The Kier molecular flexibility index (Phi) is 6.17. The van der Waals surface area contributed by atoms with Gasteiger partial charge >= 0.3 is 5.97 Å². The van der Waals surface area contributed by atoms with Gasteiger partial charge in [0.05, 0.1) is 35.1 Å². The Morgan fingerprint density at radius 1 is 1.14 bits per heavy atom. The Bertz CT molecular complexity index is 1500. The molecule has 0 radical (unpaired) electrons. The monoisotopic (exact) mass is 492 g/mol. The molecule has 9 heteroatoms. The predicted octanol–water partition coefficient (Wildman–Crippen LogP) is 2.93. The fraction of sp³-hybridized carbons (Fsp3) is 0.269. The molecule has 1 atom stereocenters. The highest BCUT2D eigenvalue weighted by atomic mass is 32.1. The van der Waals surface area contributed by atoms with Crippen molar-refractivity contribution in [2.45, 2.75) is 26.8 Å². The van der Waals surface area contributed by atoms with E-state index in [9.17, 15) is 9.59 Å². The van der Waals surface area contributed by atoms with E-state index in [4.69, 9.17) is 18.9 Å². The normalized spacial score (nSPS) is 16.7. The molecule has 1 aromatic heterocycles. The fourth-order valence-corrected chi connectivity index (χ4v) is 5.22. The van der Waals surface area contributed by atoms with Gasteiger partial charge in [-0.1, -0.05) is 29.5 Å². The number of hydrogen-bond acceptors (Lipinski definition) is 8. The summed E-state index contributed by atoms with van der Waals surface area (Å²) in [6.07, 6.45) is 1.80. The van der Waals surface area contributed by atoms with Crippen molar-refractivity contribution in [3.05, 3.63) is 84.5 Å². The smallest absolute Gasteiger partial charge is 0.338 e. The Balaban J connectivity index is 1.66. The molecule has 2 aliphatic rings. The van der Waals surface area contributed by atoms with E-state index in [1.54, 1.807) is 24.5 Å². The number of allylic oxidation sites excluding steroid dienone is 1. The number of thiazole rings is 1. The Labute approximate surface area is 205 Å². The van der Waals surface area contributed by atoms with Crippen LogP contribution in [0.25, 0.3) is 6.08 Å². The van der Waals surface area contributed by atoms with Crippen LogP contribution in [0.2, 0.25) is 0 Å². The first-order valence-corrected chi connectivity index (χ1v) is 12.1. The minimum Gasteiger partial charge on any atom is -0.494 e. The summed E-state index contributed by atoms with van der Waals surface area (Å²) in [5.74, 6) is 1.54. The molecular formula is C26H24N2O6S. The van der Waals surface area contributed by atoms with Gasteiger partial charge < -0.3 is 18.9 Å². The fourth-order valence-electron chi connectivity index (χ4n) is 4.17. The molecule has 35 heavy (non-hydrogen) atoms. The molecule has 2 aliphatic heterocycles. The molecule has 8 nitrogen and oxygen atoms in total. The van der Waals surface area contributed by atoms with Crippen LogP contribution in [0.3, 0.4) is 0 Å². The van der Waals surface area contributed by atoms with Gasteiger partial charge in [-0.2, -0.15) is 0 Å². The van der Waals surface area contributed by atoms with Gasteiger partial charge in [0.1, 0.15) is 5.75 Å². The first-order chi connectivity index (χ1) is 17.0. The number of benzene rings is 2. The van der Waals surface area contributed by atoms with Crippen LogP contribution in [0.4, 0.5) is 0 Å². The lowest BCUT2D eigenvalue weighted by Gasteiger charge is -2.24. The molecule has 2 aromatic carbocycles. The van der Waals surface area contributed by atoms with Crippen LogP contribution in [-0.2, 0) is 9.53 Å². The third-order valence-electron chi connectivity index (χ3n) is 5.72. The van der Waals surface area contributed by atoms with Crippen LogP contribution in [0.1, 0.15) is 37.9 Å². The quantitative estimate of drug-likeness (QED) is 0.492. The van der Waals surface area contributed by atoms with E-state index in [1.165, 1.54) is 11.3 Å². The number of ether oxygens (including phenoxy) is 4. The summed E-state index contributed by atoms with van der Waals surface area (Å²) < 4.78 is 23.8. The molecule has 0 saturated heterocycles. The van der Waals surface area contributed by atoms with Gasteiger partial charge in [-0.05, 0) is 62.2 Å². The second kappa shape index (κ2) is 9.42. The molecule has 5 rings (SSSR count). The van der Waals surface area contributed by atoms with Crippen molar-refractivity contribution in [1.82, 2.24) is 4.57 Å². The zero-order valence-corrected chi connectivity index (χ0v) is 20.4. The number of hydrogen-bond donors (Lipinski definition) is 0. The van der Waals surface area contributed by atoms with Crippen LogP contribution in [0, 0.1) is 0 Å². The maximum absolute atomic E-state index is 13.7. The molecule has 1 unspecified atom stereocenters. The Hall–Kier alpha value is -3.85. The zero-order chi connectivity index (χ0) is 24.5. The molecule has 0 bridgehead atoms. The number of esters is 1. The summed E-state index contributed by atoms with van der Waals surface area (Å²) in [5, 5.41) is 0. The van der Waals surface area contributed by atoms with E-state index in [1.807, 2.05) is 49.4 Å². The maximum Gasteiger partial charge on any atom is 0.338 e. The topological polar surface area (TPSA) is 88.4 Å². The van der Waals surface area contributed by atoms with Crippen LogP contribution in [-0.4, -0.2) is 30.5 Å². The van der Waals surface area contributed by atoms with Crippen LogP contribution in [0.15, 0.2) is 63.5 Å². The maximum atomic E-state index is 13.7. The van der Waals surface area contributed by atoms with Gasteiger partial charge in [0.15, 0.2) is 16.3 Å². The lowest BCUT2D eigenvalue weighted by atomic mass is 9.96. The largest absolute Gasteiger partial charge is 0.494 e. The minimum atomic E-state index is -0.667. The van der Waals surface area contributed by atoms with Crippen molar-refractivity contribution in [2.24, 2.45) is 4.99 Å². The lowest BCUT2D eigenvalue weighted by molar-refractivity contribution is -0.139. The predicted molar refractivity (Wildman–Crippen MR) is 131 cm³/mol. The Morgan fingerprint density at radius 2 is 1.91 bits per heavy atom. The van der Waals surface area contributed by atoms with Gasteiger partial charge in [0.2, 0.25) is 6.79 Å². The van der Waals surface area contributed by atoms with Crippen molar-refractivity contribution < 1.29 is 23.7 Å². The summed E-state index contributed by atoms with van der Waals surface area (Å²) in [4.78, 5) is 31.8. The number of carbonyl (C=O) groups is 1. The molecule has 3 aromatic rings. The lowest BCUT2D eigenvalue weighted by Crippen LogP contribution is -2.39. The number of aromatic nitrogens is 1. The summed E-state index contributed by atoms with van der Waals surface area (Å²) >= 11 is 1.28. The summed E-state index contributed by atoms with van der Waals surface area (Å²) in [6.45, 7) is 6.38. The number of nitrogens with zero attached hydrogens (tertiary/aromatic N) is 2. The summed E-state index contributed by atoms with van der Waals surface area (Å²) in [5.41, 5.74) is 2.20. The van der Waals surface area contributed by atoms with Crippen molar-refractivity contribution in [1.29, 1.82) is 0 Å². The second-order valence-corrected chi connectivity index (χ2v) is 8.93. The van der Waals surface area contributed by atoms with E-state index >= 15 is 0 Å². The second-order valence-electron chi connectivity index (χ2n) is 7.92. The summed E-state index contributed by atoms with van der Waals surface area (Å²) in [6, 6.07) is 12.2. The molecule has 0 aliphatic carbocycles. The van der Waals surface area contributed by atoms with E-state index < -0.39 is 12.0 Å². The van der Waals surface area contributed by atoms with E-state index in [2.05, 4.69) is 4.99 Å². The number of carbonyl (C=O) groups excluding carboxylic acids is 1. The highest BCUT2D eigenvalue weighted by molar-refractivity contribution is 7.07. The van der Waals surface area contributed by atoms with E-state index in [0.717, 1.165) is 11.1 Å². The van der Waals surface area contributed by atoms with Gasteiger partial charge in [-0.3, -0.25) is 9.36 Å². The van der Waals surface area contributed by atoms with E-state index in [-0.39, 0.29) is 19.0 Å². The van der Waals surface area contributed by atoms with Crippen LogP contribution >= 0.6 is 11.3 Å². The minimum absolute atomic E-state index is 0.180.